The van der Waals surface area contributed by atoms with Crippen LogP contribution >= 0.6 is 11.6 Å². The summed E-state index contributed by atoms with van der Waals surface area (Å²) in [5, 5.41) is 10.5. The number of carbonyl (C=O) groups excluding carboxylic acids is 1. The van der Waals surface area contributed by atoms with E-state index in [2.05, 4.69) is 4.98 Å². The lowest BCUT2D eigenvalue weighted by Crippen LogP contribution is -2.19. The van der Waals surface area contributed by atoms with E-state index in [9.17, 15) is 14.7 Å². The van der Waals surface area contributed by atoms with Gasteiger partial charge in [0.15, 0.2) is 0 Å². The molecular formula is C18H16ClN3O3. The molecule has 0 saturated carbocycles. The molecule has 0 bridgehead atoms. The third-order valence-corrected chi connectivity index (χ3v) is 4.41. The van der Waals surface area contributed by atoms with Gasteiger partial charge in [0, 0.05) is 22.2 Å². The first-order valence-electron chi connectivity index (χ1n) is 7.68. The average Bonchev–Trinajstić information content (AvgIpc) is 2.86. The number of rotatable bonds is 3. The lowest BCUT2D eigenvalue weighted by Gasteiger charge is -2.11. The normalized spacial score (nSPS) is 11.0. The molecule has 0 aliphatic rings. The maximum Gasteiger partial charge on any atom is 0.416 e. The number of aromatic nitrogens is 2. The van der Waals surface area contributed by atoms with Gasteiger partial charge in [-0.25, -0.2) is 9.36 Å². The molecule has 0 amide bonds. The molecule has 3 rings (SSSR count). The number of nitrogen functional groups attached to an aromatic ring is 1. The highest BCUT2D eigenvalue weighted by atomic mass is 35.5. The summed E-state index contributed by atoms with van der Waals surface area (Å²) in [5.41, 5.74) is 8.15. The highest BCUT2D eigenvalue weighted by Crippen LogP contribution is 2.33. The fourth-order valence-corrected chi connectivity index (χ4v) is 3.19. The highest BCUT2D eigenvalue weighted by Gasteiger charge is 2.28. The van der Waals surface area contributed by atoms with Crippen LogP contribution in [0.4, 0.5) is 10.5 Å². The monoisotopic (exact) mass is 357 g/mol. The van der Waals surface area contributed by atoms with Crippen molar-refractivity contribution in [3.05, 3.63) is 58.0 Å². The molecule has 0 saturated heterocycles. The Morgan fingerprint density at radius 2 is 2.04 bits per heavy atom. The Hall–Kier alpha value is -2.86. The number of hydrogen-bond donors (Lipinski definition) is 2. The number of fused-ring (bicyclic) bond motifs is 1. The molecule has 7 heteroatoms. The van der Waals surface area contributed by atoms with Crippen LogP contribution in [-0.4, -0.2) is 26.5 Å². The van der Waals surface area contributed by atoms with Gasteiger partial charge in [-0.1, -0.05) is 18.5 Å². The van der Waals surface area contributed by atoms with E-state index in [4.69, 9.17) is 17.3 Å². The molecule has 0 aliphatic heterocycles. The van der Waals surface area contributed by atoms with Gasteiger partial charge in [-0.05, 0) is 43.2 Å². The quantitative estimate of drug-likeness (QED) is 0.692. The largest absolute Gasteiger partial charge is 0.464 e. The number of aryl methyl sites for hydroxylation is 2. The zero-order valence-corrected chi connectivity index (χ0v) is 14.5. The molecule has 1 aromatic carbocycles. The number of nitrogens with two attached hydrogens (primary N) is 1. The molecule has 0 spiro atoms. The van der Waals surface area contributed by atoms with Crippen molar-refractivity contribution in [3.63, 3.8) is 0 Å². The Balaban J connectivity index is 2.37. The van der Waals surface area contributed by atoms with Gasteiger partial charge in [0.1, 0.15) is 5.69 Å². The lowest BCUT2D eigenvalue weighted by molar-refractivity contribution is 0.102. The van der Waals surface area contributed by atoms with E-state index in [1.807, 2.05) is 6.92 Å². The van der Waals surface area contributed by atoms with Crippen molar-refractivity contribution >= 4 is 40.1 Å². The van der Waals surface area contributed by atoms with E-state index in [1.165, 1.54) is 6.07 Å². The Bertz CT molecular complexity index is 1020. The summed E-state index contributed by atoms with van der Waals surface area (Å²) < 4.78 is 0.894. The standard InChI is InChI=1S/C18H16ClN3O3/c1-3-12-14(9(2)6-7-21-12)17(23)16-15(20)11-5-4-10(19)8-13(11)22(16)18(24)25/h4-8H,3,20H2,1-2H3,(H,24,25). The van der Waals surface area contributed by atoms with E-state index >= 15 is 0 Å². The van der Waals surface area contributed by atoms with E-state index < -0.39 is 11.9 Å². The average molecular weight is 358 g/mol. The van der Waals surface area contributed by atoms with Crippen LogP contribution in [0.25, 0.3) is 10.9 Å². The molecule has 6 nitrogen and oxygen atoms in total. The number of carboxylic acid groups (broad SMARTS) is 1. The van der Waals surface area contributed by atoms with Gasteiger partial charge < -0.3 is 10.8 Å². The Morgan fingerprint density at radius 1 is 1.32 bits per heavy atom. The fraction of sp³-hybridized carbons (Fsp3) is 0.167. The van der Waals surface area contributed by atoms with E-state index in [-0.39, 0.29) is 16.9 Å². The van der Waals surface area contributed by atoms with Gasteiger partial charge in [0.05, 0.1) is 16.9 Å². The second kappa shape index (κ2) is 6.22. The molecule has 0 aliphatic carbocycles. The number of nitrogens with zero attached hydrogens (tertiary/aromatic N) is 2. The highest BCUT2D eigenvalue weighted by molar-refractivity contribution is 6.31. The number of hydrogen-bond acceptors (Lipinski definition) is 4. The van der Waals surface area contributed by atoms with Crippen molar-refractivity contribution < 1.29 is 14.7 Å². The minimum atomic E-state index is -1.30. The van der Waals surface area contributed by atoms with Crippen molar-refractivity contribution in [1.82, 2.24) is 9.55 Å². The number of benzene rings is 1. The summed E-state index contributed by atoms with van der Waals surface area (Å²) in [4.78, 5) is 29.3. The van der Waals surface area contributed by atoms with Crippen molar-refractivity contribution in [2.24, 2.45) is 0 Å². The first-order valence-corrected chi connectivity index (χ1v) is 8.06. The van der Waals surface area contributed by atoms with Crippen LogP contribution in [0.15, 0.2) is 30.5 Å². The fourth-order valence-electron chi connectivity index (χ4n) is 3.02. The van der Waals surface area contributed by atoms with Gasteiger partial charge in [0.25, 0.3) is 0 Å². The SMILES string of the molecule is CCc1nccc(C)c1C(=O)c1c(N)c2ccc(Cl)cc2n1C(=O)O. The summed E-state index contributed by atoms with van der Waals surface area (Å²) in [6, 6.07) is 6.41. The van der Waals surface area contributed by atoms with Crippen molar-refractivity contribution in [3.8, 4) is 0 Å². The van der Waals surface area contributed by atoms with Gasteiger partial charge in [-0.15, -0.1) is 0 Å². The van der Waals surface area contributed by atoms with Crippen molar-refractivity contribution in [2.45, 2.75) is 20.3 Å². The molecule has 2 aromatic heterocycles. The van der Waals surface area contributed by atoms with Crippen LogP contribution in [0.1, 0.15) is 34.2 Å². The summed E-state index contributed by atoms with van der Waals surface area (Å²) >= 11 is 5.98. The van der Waals surface area contributed by atoms with Crippen LogP contribution in [-0.2, 0) is 6.42 Å². The Labute approximate surface area is 148 Å². The number of halogens is 1. The smallest absolute Gasteiger partial charge is 0.416 e. The van der Waals surface area contributed by atoms with Crippen LogP contribution in [0, 0.1) is 6.92 Å². The summed E-state index contributed by atoms with van der Waals surface area (Å²) in [7, 11) is 0. The molecule has 0 radical (unpaired) electrons. The lowest BCUT2D eigenvalue weighted by atomic mass is 9.99. The molecule has 3 N–H and O–H groups in total. The molecule has 0 atom stereocenters. The van der Waals surface area contributed by atoms with Crippen LogP contribution in [0.2, 0.25) is 5.02 Å². The molecule has 25 heavy (non-hydrogen) atoms. The zero-order valence-electron chi connectivity index (χ0n) is 13.7. The van der Waals surface area contributed by atoms with Crippen LogP contribution in [0.5, 0.6) is 0 Å². The first kappa shape index (κ1) is 17.0. The summed E-state index contributed by atoms with van der Waals surface area (Å²) in [5.74, 6) is -0.463. The maximum atomic E-state index is 13.2. The number of pyridine rings is 1. The van der Waals surface area contributed by atoms with Gasteiger partial charge in [0.2, 0.25) is 5.78 Å². The van der Waals surface area contributed by atoms with Crippen molar-refractivity contribution in [2.75, 3.05) is 5.73 Å². The van der Waals surface area contributed by atoms with Gasteiger partial charge in [-0.2, -0.15) is 0 Å². The topological polar surface area (TPSA) is 98.2 Å². The zero-order chi connectivity index (χ0) is 18.3. The molecule has 2 heterocycles. The molecule has 0 unspecified atom stereocenters. The van der Waals surface area contributed by atoms with E-state index in [0.717, 1.165) is 10.1 Å². The predicted molar refractivity (Wildman–Crippen MR) is 96.6 cm³/mol. The molecule has 0 fully saturated rings. The predicted octanol–water partition coefficient (Wildman–Crippen LogP) is 3.90. The number of anilines is 1. The number of carbonyl (C=O) groups is 2. The second-order valence-corrected chi connectivity index (χ2v) is 6.11. The van der Waals surface area contributed by atoms with Crippen molar-refractivity contribution in [1.29, 1.82) is 0 Å². The first-order chi connectivity index (χ1) is 11.9. The van der Waals surface area contributed by atoms with E-state index in [1.54, 1.807) is 31.3 Å². The number of ketones is 1. The van der Waals surface area contributed by atoms with Gasteiger partial charge >= 0.3 is 6.09 Å². The third kappa shape index (κ3) is 2.64. The van der Waals surface area contributed by atoms with Gasteiger partial charge in [-0.3, -0.25) is 9.78 Å². The second-order valence-electron chi connectivity index (χ2n) is 5.67. The maximum absolute atomic E-state index is 13.2. The minimum Gasteiger partial charge on any atom is -0.464 e. The van der Waals surface area contributed by atoms with Crippen LogP contribution < -0.4 is 5.73 Å². The molecule has 3 aromatic rings. The van der Waals surface area contributed by atoms with Crippen LogP contribution in [0.3, 0.4) is 0 Å². The summed E-state index contributed by atoms with van der Waals surface area (Å²) in [6.07, 6.45) is 0.870. The molecule has 128 valence electrons. The minimum absolute atomic E-state index is 0.0874. The Kier molecular flexibility index (Phi) is 4.22. The van der Waals surface area contributed by atoms with E-state index in [0.29, 0.717) is 28.1 Å². The molecular weight excluding hydrogens is 342 g/mol. The Morgan fingerprint density at radius 3 is 2.68 bits per heavy atom. The summed E-state index contributed by atoms with van der Waals surface area (Å²) in [6.45, 7) is 3.67. The third-order valence-electron chi connectivity index (χ3n) is 4.18.